The Bertz CT molecular complexity index is 700. The number of aliphatic carboxylic acids is 1. The monoisotopic (exact) mass is 345 g/mol. The van der Waals surface area contributed by atoms with Crippen LogP contribution >= 0.6 is 11.6 Å². The second kappa shape index (κ2) is 5.89. The minimum Gasteiger partial charge on any atom is -0.481 e. The van der Waals surface area contributed by atoms with Crippen LogP contribution in [0, 0.1) is 5.41 Å². The van der Waals surface area contributed by atoms with Crippen molar-refractivity contribution in [3.05, 3.63) is 29.3 Å². The molecule has 6 nitrogen and oxygen atoms in total. The summed E-state index contributed by atoms with van der Waals surface area (Å²) in [4.78, 5) is 24.6. The summed E-state index contributed by atoms with van der Waals surface area (Å²) in [6.07, 6.45) is 0.315. The van der Waals surface area contributed by atoms with Gasteiger partial charge in [-0.15, -0.1) is 0 Å². The zero-order valence-corrected chi connectivity index (χ0v) is 13.5. The van der Waals surface area contributed by atoms with Crippen LogP contribution in [0.5, 0.6) is 0 Å². The molecule has 1 heterocycles. The molecule has 0 aliphatic carbocycles. The fourth-order valence-corrected chi connectivity index (χ4v) is 3.68. The third kappa shape index (κ3) is 3.41. The largest absolute Gasteiger partial charge is 0.481 e. The van der Waals surface area contributed by atoms with Crippen molar-refractivity contribution < 1.29 is 23.1 Å². The summed E-state index contributed by atoms with van der Waals surface area (Å²) in [5.74, 6) is -2.24. The summed E-state index contributed by atoms with van der Waals surface area (Å²) < 4.78 is 24.4. The van der Waals surface area contributed by atoms with Gasteiger partial charge in [-0.3, -0.25) is 9.59 Å². The van der Waals surface area contributed by atoms with Gasteiger partial charge < -0.3 is 10.0 Å². The predicted octanol–water partition coefficient (Wildman–Crippen LogP) is 1.44. The molecule has 0 saturated carbocycles. The first kappa shape index (κ1) is 16.8. The van der Waals surface area contributed by atoms with Crippen LogP contribution in [0.25, 0.3) is 0 Å². The lowest BCUT2D eigenvalue weighted by atomic mass is 9.90. The number of amides is 1. The van der Waals surface area contributed by atoms with E-state index in [9.17, 15) is 18.0 Å². The summed E-state index contributed by atoms with van der Waals surface area (Å²) in [5.41, 5.74) is -1.01. The van der Waals surface area contributed by atoms with E-state index in [0.29, 0.717) is 11.4 Å². The van der Waals surface area contributed by atoms with Crippen LogP contribution in [0.3, 0.4) is 0 Å². The molecule has 0 bridgehead atoms. The van der Waals surface area contributed by atoms with Gasteiger partial charge in [-0.05, 0) is 37.6 Å². The van der Waals surface area contributed by atoms with Gasteiger partial charge >= 0.3 is 5.97 Å². The molecule has 0 radical (unpaired) electrons. The van der Waals surface area contributed by atoms with Crippen molar-refractivity contribution >= 4 is 33.3 Å². The van der Waals surface area contributed by atoms with E-state index < -0.39 is 32.9 Å². The van der Waals surface area contributed by atoms with E-state index in [1.807, 2.05) is 0 Å². The van der Waals surface area contributed by atoms with Crippen LogP contribution in [0.4, 0.5) is 0 Å². The number of carbonyl (C=O) groups excluding carboxylic acids is 1. The van der Waals surface area contributed by atoms with Crippen molar-refractivity contribution in [1.82, 2.24) is 4.90 Å². The van der Waals surface area contributed by atoms with Gasteiger partial charge in [0.15, 0.2) is 9.84 Å². The average molecular weight is 346 g/mol. The Labute approximate surface area is 133 Å². The Kier molecular flexibility index (Phi) is 4.49. The van der Waals surface area contributed by atoms with Gasteiger partial charge in [-0.1, -0.05) is 11.6 Å². The minimum absolute atomic E-state index is 0.0189. The Morgan fingerprint density at radius 2 is 1.91 bits per heavy atom. The minimum atomic E-state index is -3.77. The van der Waals surface area contributed by atoms with Gasteiger partial charge in [-0.2, -0.15) is 0 Å². The molecule has 1 saturated heterocycles. The van der Waals surface area contributed by atoms with Crippen molar-refractivity contribution in [2.24, 2.45) is 5.41 Å². The van der Waals surface area contributed by atoms with Gasteiger partial charge in [0.05, 0.1) is 10.3 Å². The number of likely N-dealkylation sites (tertiary alicyclic amines) is 1. The van der Waals surface area contributed by atoms with E-state index in [1.165, 1.54) is 29.2 Å². The van der Waals surface area contributed by atoms with Crippen molar-refractivity contribution in [2.75, 3.05) is 18.8 Å². The highest BCUT2D eigenvalue weighted by atomic mass is 35.5. The molecule has 120 valence electrons. The highest BCUT2D eigenvalue weighted by molar-refractivity contribution is 7.92. The Morgan fingerprint density at radius 3 is 2.41 bits per heavy atom. The third-order valence-corrected chi connectivity index (χ3v) is 5.70. The molecule has 1 aromatic carbocycles. The number of carbonyl (C=O) groups is 2. The lowest BCUT2D eigenvalue weighted by Gasteiger charge is -2.20. The number of carboxylic acids is 1. The fraction of sp³-hybridized carbons (Fsp3) is 0.429. The number of hydrogen-bond acceptors (Lipinski definition) is 4. The Hall–Kier alpha value is -1.60. The molecule has 1 fully saturated rings. The highest BCUT2D eigenvalue weighted by Crippen LogP contribution is 2.30. The molecule has 1 atom stereocenters. The molecule has 1 N–H and O–H groups in total. The summed E-state index contributed by atoms with van der Waals surface area (Å²) in [7, 11) is -3.77. The molecule has 0 aromatic heterocycles. The maximum absolute atomic E-state index is 12.2. The van der Waals surface area contributed by atoms with Crippen LogP contribution in [0.1, 0.15) is 13.3 Å². The zero-order chi connectivity index (χ0) is 16.5. The lowest BCUT2D eigenvalue weighted by molar-refractivity contribution is -0.147. The maximum atomic E-state index is 12.2. The molecule has 2 rings (SSSR count). The number of rotatable bonds is 4. The normalized spacial score (nSPS) is 21.8. The van der Waals surface area contributed by atoms with Gasteiger partial charge in [-0.25, -0.2) is 8.42 Å². The van der Waals surface area contributed by atoms with Crippen molar-refractivity contribution in [3.8, 4) is 0 Å². The molecule has 22 heavy (non-hydrogen) atoms. The molecule has 0 spiro atoms. The van der Waals surface area contributed by atoms with E-state index in [0.717, 1.165) is 0 Å². The molecule has 8 heteroatoms. The standard InChI is InChI=1S/C14H16ClNO5S/c1-14(13(18)19)6-7-16(9-14)12(17)8-22(20,21)11-4-2-10(15)3-5-11/h2-5H,6-9H2,1H3,(H,18,19). The van der Waals surface area contributed by atoms with Gasteiger partial charge in [0.25, 0.3) is 0 Å². The van der Waals surface area contributed by atoms with Crippen LogP contribution in [-0.2, 0) is 19.4 Å². The van der Waals surface area contributed by atoms with E-state index >= 15 is 0 Å². The molecule has 1 aliphatic heterocycles. The average Bonchev–Trinajstić information content (AvgIpc) is 2.83. The second-order valence-electron chi connectivity index (χ2n) is 5.64. The molecule has 1 unspecified atom stereocenters. The third-order valence-electron chi connectivity index (χ3n) is 3.83. The molecule has 1 amide bonds. The highest BCUT2D eigenvalue weighted by Gasteiger charge is 2.42. The summed E-state index contributed by atoms with van der Waals surface area (Å²) >= 11 is 5.71. The number of hydrogen-bond donors (Lipinski definition) is 1. The fourth-order valence-electron chi connectivity index (χ4n) is 2.33. The topological polar surface area (TPSA) is 91.8 Å². The van der Waals surface area contributed by atoms with Crippen molar-refractivity contribution in [2.45, 2.75) is 18.2 Å². The smallest absolute Gasteiger partial charge is 0.311 e. The first-order valence-corrected chi connectivity index (χ1v) is 8.67. The first-order valence-electron chi connectivity index (χ1n) is 6.64. The first-order chi connectivity index (χ1) is 10.1. The van der Waals surface area contributed by atoms with E-state index in [2.05, 4.69) is 0 Å². The number of carboxylic acid groups (broad SMARTS) is 1. The number of halogens is 1. The van der Waals surface area contributed by atoms with Crippen LogP contribution in [0.2, 0.25) is 5.02 Å². The SMILES string of the molecule is CC1(C(=O)O)CCN(C(=O)CS(=O)(=O)c2ccc(Cl)cc2)C1. The van der Waals surface area contributed by atoms with Crippen molar-refractivity contribution in [3.63, 3.8) is 0 Å². The van der Waals surface area contributed by atoms with E-state index in [-0.39, 0.29) is 18.0 Å². The van der Waals surface area contributed by atoms with Gasteiger partial charge in [0.2, 0.25) is 5.91 Å². The summed E-state index contributed by atoms with van der Waals surface area (Å²) in [5, 5.41) is 9.54. The second-order valence-corrected chi connectivity index (χ2v) is 8.07. The van der Waals surface area contributed by atoms with E-state index in [4.69, 9.17) is 16.7 Å². The van der Waals surface area contributed by atoms with Crippen LogP contribution < -0.4 is 0 Å². The molecule has 1 aliphatic rings. The van der Waals surface area contributed by atoms with Crippen LogP contribution in [-0.4, -0.2) is 49.1 Å². The number of benzene rings is 1. The lowest BCUT2D eigenvalue weighted by Crippen LogP contribution is -2.37. The number of nitrogens with zero attached hydrogens (tertiary/aromatic N) is 1. The molecule has 1 aromatic rings. The van der Waals surface area contributed by atoms with E-state index in [1.54, 1.807) is 6.92 Å². The maximum Gasteiger partial charge on any atom is 0.311 e. The molecular weight excluding hydrogens is 330 g/mol. The van der Waals surface area contributed by atoms with Gasteiger partial charge in [0, 0.05) is 18.1 Å². The zero-order valence-electron chi connectivity index (χ0n) is 12.0. The summed E-state index contributed by atoms with van der Waals surface area (Å²) in [6, 6.07) is 5.57. The van der Waals surface area contributed by atoms with Crippen LogP contribution in [0.15, 0.2) is 29.2 Å². The van der Waals surface area contributed by atoms with Crippen molar-refractivity contribution in [1.29, 1.82) is 0 Å². The van der Waals surface area contributed by atoms with Gasteiger partial charge in [0.1, 0.15) is 5.75 Å². The summed E-state index contributed by atoms with van der Waals surface area (Å²) in [6.45, 7) is 1.82. The Balaban J connectivity index is 2.09. The number of sulfone groups is 1. The molecular formula is C14H16ClNO5S. The Morgan fingerprint density at radius 1 is 1.32 bits per heavy atom. The quantitative estimate of drug-likeness (QED) is 0.891. The predicted molar refractivity (Wildman–Crippen MR) is 80.4 cm³/mol.